The summed E-state index contributed by atoms with van der Waals surface area (Å²) in [5.74, 6) is -4.12. The Labute approximate surface area is 474 Å². The lowest BCUT2D eigenvalue weighted by Gasteiger charge is -2.25. The van der Waals surface area contributed by atoms with Gasteiger partial charge in [-0.2, -0.15) is 8.61 Å². The molecule has 0 radical (unpaired) electrons. The summed E-state index contributed by atoms with van der Waals surface area (Å²) < 4.78 is 60.3. The van der Waals surface area contributed by atoms with Gasteiger partial charge in [0.15, 0.2) is 0 Å². The highest BCUT2D eigenvalue weighted by Crippen LogP contribution is 2.29. The molecule has 0 aromatic heterocycles. The van der Waals surface area contributed by atoms with Gasteiger partial charge in [-0.3, -0.25) is 19.2 Å². The van der Waals surface area contributed by atoms with E-state index in [0.717, 1.165) is 26.3 Å². The van der Waals surface area contributed by atoms with Crippen LogP contribution in [0.3, 0.4) is 0 Å². The Bertz CT molecular complexity index is 3050. The number of hydrogen-bond donors (Lipinski definition) is 7. The number of carboxylic acids is 2. The van der Waals surface area contributed by atoms with Crippen LogP contribution in [-0.4, -0.2) is 152 Å². The van der Waals surface area contributed by atoms with Gasteiger partial charge in [-0.1, -0.05) is 59.7 Å². The average molecular weight is 1160 g/mol. The van der Waals surface area contributed by atoms with E-state index in [-0.39, 0.29) is 60.4 Å². The van der Waals surface area contributed by atoms with Crippen molar-refractivity contribution >= 4 is 73.1 Å². The number of rotatable bonds is 24. The number of carbonyl (C=O) groups excluding carboxylic acids is 5. The number of nitrogens with zero attached hydrogens (tertiary/aromatic N) is 3. The molecule has 4 atom stereocenters. The van der Waals surface area contributed by atoms with Crippen LogP contribution in [0.25, 0.3) is 0 Å². The number of carboxylic acid groups (broad SMARTS) is 2. The summed E-state index contributed by atoms with van der Waals surface area (Å²) in [7, 11) is -4.41. The molecule has 0 aliphatic carbocycles. The van der Waals surface area contributed by atoms with Gasteiger partial charge in [-0.05, 0) is 146 Å². The highest BCUT2D eigenvalue weighted by atomic mass is 32.2. The first-order valence-electron chi connectivity index (χ1n) is 26.8. The number of aryl methyl sites for hydroxylation is 2. The topological polar surface area (TPSA) is 307 Å². The van der Waals surface area contributed by atoms with Crippen LogP contribution in [-0.2, 0) is 66.4 Å². The second kappa shape index (κ2) is 29.5. The van der Waals surface area contributed by atoms with Crippen LogP contribution in [0.5, 0.6) is 0 Å². The van der Waals surface area contributed by atoms with Gasteiger partial charge >= 0.3 is 18.0 Å². The number of benzene rings is 4. The van der Waals surface area contributed by atoms with E-state index in [1.165, 1.54) is 29.2 Å². The van der Waals surface area contributed by atoms with Crippen LogP contribution in [0.15, 0.2) is 107 Å². The van der Waals surface area contributed by atoms with Crippen LogP contribution in [0.1, 0.15) is 94.4 Å². The maximum absolute atomic E-state index is 13.2. The predicted molar refractivity (Wildman–Crippen MR) is 304 cm³/mol. The molecule has 2 fully saturated rings. The van der Waals surface area contributed by atoms with Gasteiger partial charge in [-0.25, -0.2) is 31.2 Å². The van der Waals surface area contributed by atoms with Crippen molar-refractivity contribution in [3.63, 3.8) is 0 Å². The number of sulfonamides is 2. The molecule has 2 aliphatic rings. The average Bonchev–Trinajstić information content (AvgIpc) is 4.30. The van der Waals surface area contributed by atoms with E-state index in [4.69, 9.17) is 4.74 Å². The van der Waals surface area contributed by atoms with Crippen molar-refractivity contribution in [3.05, 3.63) is 119 Å². The normalized spacial score (nSPS) is 16.4. The third kappa shape index (κ3) is 19.5. The molecule has 440 valence electrons. The van der Waals surface area contributed by atoms with Gasteiger partial charge < -0.3 is 46.4 Å². The summed E-state index contributed by atoms with van der Waals surface area (Å²) in [6.07, 6.45) is 2.80. The third-order valence-corrected chi connectivity index (χ3v) is 17.1. The lowest BCUT2D eigenvalue weighted by atomic mass is 10.0. The number of aliphatic carboxylic acids is 2. The van der Waals surface area contributed by atoms with E-state index in [1.807, 2.05) is 20.9 Å². The molecule has 2 saturated heterocycles. The first-order chi connectivity index (χ1) is 38.2. The molecule has 6 rings (SSSR count). The standard InChI is InChI=1S/C31H42N4O8S.C26H34N4O6S/c1-21-10-16-24(17-11-21)44(41,42)35-19-6-8-26(35)28(37)33-25(29(38)39)20-22-12-14-23(15-13-22)32-27(36)9-7-18-34(5)30(40)43-31(2,3)4;1-18-7-13-21(14-8-18)37(35,36)30-16-4-5-23(30)25(32)29-22(26(33)34)17-19-9-11-20(12-10-19)28-24(31)6-3-15-27-2/h10-17,25-26H,6-9,18-20H2,1-5H3,(H,32,36)(H,33,37)(H,38,39);7-14,22-23,27H,3-6,15-17H2,1-2H3,(H,28,31)(H,29,32)(H,33,34)/t25-,26-;22-,23-/m00/s1. The van der Waals surface area contributed by atoms with Gasteiger partial charge in [0.2, 0.25) is 43.7 Å². The maximum atomic E-state index is 13.2. The van der Waals surface area contributed by atoms with E-state index in [2.05, 4.69) is 26.6 Å². The quantitative estimate of drug-likeness (QED) is 0.0430. The highest BCUT2D eigenvalue weighted by Gasteiger charge is 2.42. The molecule has 2 aliphatic heterocycles. The third-order valence-electron chi connectivity index (χ3n) is 13.3. The van der Waals surface area contributed by atoms with Crippen LogP contribution in [0.4, 0.5) is 16.2 Å². The molecule has 0 bridgehead atoms. The molecular weight excluding hydrogens is 1080 g/mol. The van der Waals surface area contributed by atoms with E-state index >= 15 is 0 Å². The summed E-state index contributed by atoms with van der Waals surface area (Å²) in [6.45, 7) is 10.5. The van der Waals surface area contributed by atoms with Gasteiger partial charge in [0, 0.05) is 63.7 Å². The molecular formula is C57H76N8O14S2. The summed E-state index contributed by atoms with van der Waals surface area (Å²) in [5.41, 5.74) is 3.57. The Kier molecular flexibility index (Phi) is 23.5. The van der Waals surface area contributed by atoms with E-state index in [0.29, 0.717) is 67.6 Å². The number of carbonyl (C=O) groups is 7. The molecule has 24 heteroatoms. The Morgan fingerprint density at radius 2 is 1.00 bits per heavy atom. The highest BCUT2D eigenvalue weighted by molar-refractivity contribution is 7.89. The Balaban J connectivity index is 0.000000302. The van der Waals surface area contributed by atoms with Crippen molar-refractivity contribution in [1.29, 1.82) is 0 Å². The minimum Gasteiger partial charge on any atom is -0.480 e. The fraction of sp³-hybridized carbons (Fsp3) is 0.456. The summed E-state index contributed by atoms with van der Waals surface area (Å²) in [4.78, 5) is 88.1. The van der Waals surface area contributed by atoms with E-state index in [1.54, 1.807) is 101 Å². The number of anilines is 2. The Hall–Kier alpha value is -7.25. The molecule has 2 heterocycles. The van der Waals surface area contributed by atoms with Crippen molar-refractivity contribution < 1.29 is 65.3 Å². The van der Waals surface area contributed by atoms with Crippen LogP contribution in [0, 0.1) is 13.8 Å². The van der Waals surface area contributed by atoms with Crippen LogP contribution >= 0.6 is 0 Å². The monoisotopic (exact) mass is 1160 g/mol. The first kappa shape index (κ1) is 64.6. The molecule has 0 unspecified atom stereocenters. The largest absolute Gasteiger partial charge is 0.480 e. The van der Waals surface area contributed by atoms with Crippen LogP contribution < -0.4 is 26.6 Å². The van der Waals surface area contributed by atoms with Crippen molar-refractivity contribution in [2.24, 2.45) is 0 Å². The summed E-state index contributed by atoms with van der Waals surface area (Å²) in [6, 6.07) is 21.6. The van der Waals surface area contributed by atoms with E-state index < -0.39 is 79.7 Å². The maximum Gasteiger partial charge on any atom is 0.410 e. The van der Waals surface area contributed by atoms with E-state index in [9.17, 15) is 60.6 Å². The zero-order valence-corrected chi connectivity index (χ0v) is 48.5. The molecule has 0 saturated carbocycles. The minimum absolute atomic E-state index is 0.00883. The first-order valence-corrected chi connectivity index (χ1v) is 29.7. The van der Waals surface area contributed by atoms with Crippen molar-refractivity contribution in [2.45, 2.75) is 138 Å². The van der Waals surface area contributed by atoms with Gasteiger partial charge in [0.1, 0.15) is 29.8 Å². The van der Waals surface area contributed by atoms with Gasteiger partial charge in [0.05, 0.1) is 9.79 Å². The Morgan fingerprint density at radius 3 is 1.36 bits per heavy atom. The fourth-order valence-corrected chi connectivity index (χ4v) is 12.2. The molecule has 22 nitrogen and oxygen atoms in total. The number of amides is 5. The molecule has 81 heavy (non-hydrogen) atoms. The lowest BCUT2D eigenvalue weighted by molar-refractivity contribution is -0.142. The zero-order valence-electron chi connectivity index (χ0n) is 46.9. The van der Waals surface area contributed by atoms with Crippen molar-refractivity contribution in [3.8, 4) is 0 Å². The van der Waals surface area contributed by atoms with Gasteiger partial charge in [0.25, 0.3) is 0 Å². The number of hydrogen-bond acceptors (Lipinski definition) is 13. The zero-order chi connectivity index (χ0) is 59.7. The van der Waals surface area contributed by atoms with Crippen molar-refractivity contribution in [1.82, 2.24) is 29.5 Å². The minimum atomic E-state index is -3.93. The smallest absolute Gasteiger partial charge is 0.410 e. The second-order valence-corrected chi connectivity index (χ2v) is 24.9. The second-order valence-electron chi connectivity index (χ2n) is 21.1. The van der Waals surface area contributed by atoms with Crippen molar-refractivity contribution in [2.75, 3.05) is 50.9 Å². The Morgan fingerprint density at radius 1 is 0.617 bits per heavy atom. The number of ether oxygens (including phenoxy) is 1. The summed E-state index contributed by atoms with van der Waals surface area (Å²) >= 11 is 0. The molecule has 5 amide bonds. The number of nitrogens with one attached hydrogen (secondary N) is 5. The van der Waals surface area contributed by atoms with Crippen LogP contribution in [0.2, 0.25) is 0 Å². The summed E-state index contributed by atoms with van der Waals surface area (Å²) in [5, 5.41) is 33.1. The predicted octanol–water partition coefficient (Wildman–Crippen LogP) is 5.44. The molecule has 7 N–H and O–H groups in total. The lowest BCUT2D eigenvalue weighted by Crippen LogP contribution is -2.51. The fourth-order valence-electron chi connectivity index (χ4n) is 8.91. The molecule has 4 aromatic rings. The molecule has 0 spiro atoms. The van der Waals surface area contributed by atoms with Gasteiger partial charge in [-0.15, -0.1) is 0 Å². The molecule has 4 aromatic carbocycles. The SMILES string of the molecule is CNCCCC(=O)Nc1ccc(C[C@H](NC(=O)[C@@H]2CCCN2S(=O)(=O)c2ccc(C)cc2)C(=O)O)cc1.Cc1ccc(S(=O)(=O)N2CCC[C@H]2C(=O)N[C@@H](Cc2ccc(NC(=O)CCCN(C)C(=O)OC(C)(C)C)cc2)C(=O)O)cc1.